The number of methoxy groups -OCH3 is 1. The smallest absolute Gasteiger partial charge is 0.119 e. The summed E-state index contributed by atoms with van der Waals surface area (Å²) in [5.41, 5.74) is 1.13. The molecule has 0 aliphatic carbocycles. The Hall–Kier alpha value is -1.06. The second kappa shape index (κ2) is 6.43. The van der Waals surface area contributed by atoms with Gasteiger partial charge in [0.05, 0.1) is 6.61 Å². The zero-order chi connectivity index (χ0) is 11.1. The molecule has 0 saturated heterocycles. The van der Waals surface area contributed by atoms with Crippen LogP contribution >= 0.6 is 0 Å². The molecule has 0 aliphatic heterocycles. The van der Waals surface area contributed by atoms with Gasteiger partial charge in [-0.15, -0.1) is 0 Å². The Kier molecular flexibility index (Phi) is 5.15. The summed E-state index contributed by atoms with van der Waals surface area (Å²) >= 11 is 0. The SMILES string of the molecule is CNC(C)COc1cccc(COC)c1. The summed E-state index contributed by atoms with van der Waals surface area (Å²) in [6.07, 6.45) is 0. The third-order valence-corrected chi connectivity index (χ3v) is 2.20. The first-order valence-electron chi connectivity index (χ1n) is 5.14. The second-order valence-corrected chi connectivity index (χ2v) is 3.58. The van der Waals surface area contributed by atoms with Crippen molar-refractivity contribution in [1.29, 1.82) is 0 Å². The molecule has 84 valence electrons. The standard InChI is InChI=1S/C12H19NO2/c1-10(13-2)8-15-12-6-4-5-11(7-12)9-14-3/h4-7,10,13H,8-9H2,1-3H3. The highest BCUT2D eigenvalue weighted by Crippen LogP contribution is 2.14. The van der Waals surface area contributed by atoms with Crippen molar-refractivity contribution < 1.29 is 9.47 Å². The zero-order valence-electron chi connectivity index (χ0n) is 9.62. The molecule has 3 heteroatoms. The van der Waals surface area contributed by atoms with Crippen molar-refractivity contribution >= 4 is 0 Å². The van der Waals surface area contributed by atoms with E-state index in [0.29, 0.717) is 19.3 Å². The van der Waals surface area contributed by atoms with Crippen LogP contribution in [0.4, 0.5) is 0 Å². The van der Waals surface area contributed by atoms with Crippen LogP contribution in [0.1, 0.15) is 12.5 Å². The monoisotopic (exact) mass is 209 g/mol. The lowest BCUT2D eigenvalue weighted by molar-refractivity contribution is 0.184. The van der Waals surface area contributed by atoms with Crippen LogP contribution in [0.15, 0.2) is 24.3 Å². The van der Waals surface area contributed by atoms with E-state index in [2.05, 4.69) is 12.2 Å². The molecule has 0 radical (unpaired) electrons. The van der Waals surface area contributed by atoms with Gasteiger partial charge >= 0.3 is 0 Å². The Morgan fingerprint density at radius 1 is 1.40 bits per heavy atom. The van der Waals surface area contributed by atoms with E-state index in [0.717, 1.165) is 11.3 Å². The Balaban J connectivity index is 2.50. The summed E-state index contributed by atoms with van der Waals surface area (Å²) in [6, 6.07) is 8.33. The number of hydrogen-bond donors (Lipinski definition) is 1. The Bertz CT molecular complexity index is 289. The Labute approximate surface area is 91.4 Å². The first kappa shape index (κ1) is 12.0. The highest BCUT2D eigenvalue weighted by Gasteiger charge is 2.00. The highest BCUT2D eigenvalue weighted by molar-refractivity contribution is 5.28. The molecule has 1 N–H and O–H groups in total. The maximum Gasteiger partial charge on any atom is 0.119 e. The lowest BCUT2D eigenvalue weighted by Crippen LogP contribution is -2.28. The van der Waals surface area contributed by atoms with Gasteiger partial charge in [0, 0.05) is 13.2 Å². The van der Waals surface area contributed by atoms with Crippen LogP contribution in [0.3, 0.4) is 0 Å². The van der Waals surface area contributed by atoms with E-state index in [1.54, 1.807) is 7.11 Å². The van der Waals surface area contributed by atoms with Gasteiger partial charge in [-0.3, -0.25) is 0 Å². The molecular weight excluding hydrogens is 190 g/mol. The molecule has 1 rings (SSSR count). The van der Waals surface area contributed by atoms with E-state index in [4.69, 9.17) is 9.47 Å². The van der Waals surface area contributed by atoms with Gasteiger partial charge < -0.3 is 14.8 Å². The number of benzene rings is 1. The summed E-state index contributed by atoms with van der Waals surface area (Å²) in [5, 5.41) is 3.13. The Morgan fingerprint density at radius 3 is 2.87 bits per heavy atom. The molecule has 0 aliphatic rings. The van der Waals surface area contributed by atoms with E-state index in [1.807, 2.05) is 31.3 Å². The molecule has 1 atom stereocenters. The lowest BCUT2D eigenvalue weighted by atomic mass is 10.2. The molecule has 1 aromatic carbocycles. The minimum absolute atomic E-state index is 0.357. The quantitative estimate of drug-likeness (QED) is 0.775. The van der Waals surface area contributed by atoms with Crippen LogP contribution in [0.2, 0.25) is 0 Å². The van der Waals surface area contributed by atoms with Crippen molar-refractivity contribution in [3.8, 4) is 5.75 Å². The molecular formula is C12H19NO2. The van der Waals surface area contributed by atoms with Gasteiger partial charge in [-0.1, -0.05) is 12.1 Å². The molecule has 0 heterocycles. The minimum Gasteiger partial charge on any atom is -0.492 e. The van der Waals surface area contributed by atoms with Gasteiger partial charge in [0.1, 0.15) is 12.4 Å². The van der Waals surface area contributed by atoms with E-state index in [-0.39, 0.29) is 0 Å². The summed E-state index contributed by atoms with van der Waals surface area (Å²) in [4.78, 5) is 0. The lowest BCUT2D eigenvalue weighted by Gasteiger charge is -2.12. The predicted molar refractivity (Wildman–Crippen MR) is 61.2 cm³/mol. The fourth-order valence-electron chi connectivity index (χ4n) is 1.20. The van der Waals surface area contributed by atoms with Gasteiger partial charge in [0.15, 0.2) is 0 Å². The molecule has 0 fully saturated rings. The third kappa shape index (κ3) is 4.32. The maximum atomic E-state index is 5.63. The van der Waals surface area contributed by atoms with Crippen molar-refractivity contribution in [2.45, 2.75) is 19.6 Å². The summed E-state index contributed by atoms with van der Waals surface area (Å²) in [7, 11) is 3.62. The van der Waals surface area contributed by atoms with Crippen LogP contribution in [-0.2, 0) is 11.3 Å². The Morgan fingerprint density at radius 2 is 2.20 bits per heavy atom. The summed E-state index contributed by atoms with van der Waals surface area (Å²) in [6.45, 7) is 3.38. The predicted octanol–water partition coefficient (Wildman–Crippen LogP) is 1.82. The van der Waals surface area contributed by atoms with Crippen LogP contribution < -0.4 is 10.1 Å². The average molecular weight is 209 g/mol. The van der Waals surface area contributed by atoms with Gasteiger partial charge in [0.25, 0.3) is 0 Å². The van der Waals surface area contributed by atoms with E-state index in [1.165, 1.54) is 0 Å². The van der Waals surface area contributed by atoms with Gasteiger partial charge in [-0.05, 0) is 31.7 Å². The molecule has 0 saturated carbocycles. The molecule has 1 aromatic rings. The van der Waals surface area contributed by atoms with E-state index in [9.17, 15) is 0 Å². The minimum atomic E-state index is 0.357. The van der Waals surface area contributed by atoms with E-state index < -0.39 is 0 Å². The molecule has 3 nitrogen and oxygen atoms in total. The van der Waals surface area contributed by atoms with Crippen molar-refractivity contribution in [3.05, 3.63) is 29.8 Å². The van der Waals surface area contributed by atoms with Crippen LogP contribution in [0, 0.1) is 0 Å². The highest BCUT2D eigenvalue weighted by atomic mass is 16.5. The fourth-order valence-corrected chi connectivity index (χ4v) is 1.20. The average Bonchev–Trinajstić information content (AvgIpc) is 2.27. The van der Waals surface area contributed by atoms with Crippen molar-refractivity contribution in [2.24, 2.45) is 0 Å². The third-order valence-electron chi connectivity index (χ3n) is 2.20. The van der Waals surface area contributed by atoms with E-state index >= 15 is 0 Å². The zero-order valence-corrected chi connectivity index (χ0v) is 9.62. The molecule has 0 spiro atoms. The normalized spacial score (nSPS) is 12.5. The molecule has 15 heavy (non-hydrogen) atoms. The van der Waals surface area contributed by atoms with Crippen molar-refractivity contribution in [1.82, 2.24) is 5.32 Å². The van der Waals surface area contributed by atoms with Crippen LogP contribution in [0.25, 0.3) is 0 Å². The second-order valence-electron chi connectivity index (χ2n) is 3.58. The van der Waals surface area contributed by atoms with Gasteiger partial charge in [0.2, 0.25) is 0 Å². The summed E-state index contributed by atoms with van der Waals surface area (Å²) in [5.74, 6) is 0.895. The molecule has 0 aromatic heterocycles. The van der Waals surface area contributed by atoms with Crippen LogP contribution in [0.5, 0.6) is 5.75 Å². The number of hydrogen-bond acceptors (Lipinski definition) is 3. The van der Waals surface area contributed by atoms with Gasteiger partial charge in [-0.2, -0.15) is 0 Å². The number of rotatable bonds is 6. The van der Waals surface area contributed by atoms with Crippen molar-refractivity contribution in [3.63, 3.8) is 0 Å². The molecule has 0 bridgehead atoms. The molecule has 1 unspecified atom stereocenters. The number of likely N-dealkylation sites (N-methyl/N-ethyl adjacent to an activating group) is 1. The first-order valence-corrected chi connectivity index (χ1v) is 5.14. The molecule has 0 amide bonds. The van der Waals surface area contributed by atoms with Crippen molar-refractivity contribution in [2.75, 3.05) is 20.8 Å². The first-order chi connectivity index (χ1) is 7.26. The maximum absolute atomic E-state index is 5.63. The van der Waals surface area contributed by atoms with Crippen LogP contribution in [-0.4, -0.2) is 26.8 Å². The fraction of sp³-hybridized carbons (Fsp3) is 0.500. The van der Waals surface area contributed by atoms with Gasteiger partial charge in [-0.25, -0.2) is 0 Å². The summed E-state index contributed by atoms with van der Waals surface area (Å²) < 4.78 is 10.7. The number of ether oxygens (including phenoxy) is 2. The largest absolute Gasteiger partial charge is 0.492 e. The topological polar surface area (TPSA) is 30.5 Å². The number of nitrogens with one attached hydrogen (secondary N) is 1.